The molecule has 0 spiro atoms. The van der Waals surface area contributed by atoms with E-state index >= 15 is 0 Å². The number of halogens is 1. The average Bonchev–Trinajstić information content (AvgIpc) is 3.09. The van der Waals surface area contributed by atoms with Gasteiger partial charge in [-0.15, -0.1) is 12.4 Å². The number of carbonyl (C=O) groups excluding carboxylic acids is 2. The quantitative estimate of drug-likeness (QED) is 0.339. The monoisotopic (exact) mass is 445 g/mol. The zero-order valence-electron chi connectivity index (χ0n) is 17.1. The Balaban J connectivity index is 0.00000341. The molecule has 1 atom stereocenters. The summed E-state index contributed by atoms with van der Waals surface area (Å²) in [5.74, 6) is -0.395. The van der Waals surface area contributed by atoms with Gasteiger partial charge in [0.15, 0.2) is 6.10 Å². The minimum atomic E-state index is -1.24. The van der Waals surface area contributed by atoms with Crippen LogP contribution in [-0.4, -0.2) is 49.7 Å². The van der Waals surface area contributed by atoms with Gasteiger partial charge in [-0.05, 0) is 23.3 Å². The number of aliphatic hydroxyl groups is 1. The number of nitrogens with two attached hydrogens (primary N) is 1. The highest BCUT2D eigenvalue weighted by Gasteiger charge is 2.33. The number of hydrogen-bond acceptors (Lipinski definition) is 6. The fraction of sp³-hybridized carbons (Fsp3) is 0.227. The minimum Gasteiger partial charge on any atom is -0.498 e. The SMILES string of the molecule is COC(=O)C(O)Cc1ccc(N2CC(OC)=C(c3ccc(C(=N)N)cc3)C2=O)cc1.Cl. The summed E-state index contributed by atoms with van der Waals surface area (Å²) < 4.78 is 9.98. The third kappa shape index (κ3) is 5.04. The summed E-state index contributed by atoms with van der Waals surface area (Å²) in [6.45, 7) is 0.281. The summed E-state index contributed by atoms with van der Waals surface area (Å²) >= 11 is 0. The van der Waals surface area contributed by atoms with E-state index < -0.39 is 12.1 Å². The topological polar surface area (TPSA) is 126 Å². The van der Waals surface area contributed by atoms with Crippen molar-refractivity contribution in [3.8, 4) is 0 Å². The van der Waals surface area contributed by atoms with Crippen LogP contribution < -0.4 is 10.6 Å². The summed E-state index contributed by atoms with van der Waals surface area (Å²) in [7, 11) is 2.74. The van der Waals surface area contributed by atoms with E-state index in [-0.39, 0.29) is 37.1 Å². The minimum absolute atomic E-state index is 0. The standard InChI is InChI=1S/C22H23N3O5.ClH/c1-29-18-12-25(16-9-3-13(4-10-16)11-17(26)22(28)30-2)21(27)19(18)14-5-7-15(8-6-14)20(23)24;/h3-10,17,26H,11-12H2,1-2H3,(H3,23,24);1H. The number of aliphatic hydroxyl groups excluding tert-OH is 1. The number of hydrogen-bond donors (Lipinski definition) is 3. The number of benzene rings is 2. The van der Waals surface area contributed by atoms with E-state index in [1.807, 2.05) is 0 Å². The van der Waals surface area contributed by atoms with Gasteiger partial charge >= 0.3 is 5.97 Å². The molecule has 0 fully saturated rings. The Morgan fingerprint density at radius 1 is 1.16 bits per heavy atom. The molecular weight excluding hydrogens is 422 g/mol. The highest BCUT2D eigenvalue weighted by molar-refractivity contribution is 6.29. The smallest absolute Gasteiger partial charge is 0.335 e. The molecular formula is C22H24ClN3O5. The Hall–Kier alpha value is -3.36. The molecule has 0 bridgehead atoms. The lowest BCUT2D eigenvalue weighted by atomic mass is 10.0. The van der Waals surface area contributed by atoms with Gasteiger partial charge in [-0.3, -0.25) is 10.2 Å². The van der Waals surface area contributed by atoms with Gasteiger partial charge in [0.05, 0.1) is 26.3 Å². The van der Waals surface area contributed by atoms with Gasteiger partial charge in [-0.1, -0.05) is 36.4 Å². The molecule has 4 N–H and O–H groups in total. The molecule has 2 aromatic rings. The molecule has 0 aliphatic carbocycles. The summed E-state index contributed by atoms with van der Waals surface area (Å²) in [4.78, 5) is 26.1. The van der Waals surface area contributed by atoms with E-state index in [9.17, 15) is 14.7 Å². The number of carbonyl (C=O) groups is 2. The molecule has 164 valence electrons. The van der Waals surface area contributed by atoms with Crippen molar-refractivity contribution in [2.45, 2.75) is 12.5 Å². The van der Waals surface area contributed by atoms with Gasteiger partial charge in [-0.25, -0.2) is 4.79 Å². The Labute approximate surface area is 186 Å². The fourth-order valence-corrected chi connectivity index (χ4v) is 3.28. The number of amidine groups is 1. The Kier molecular flexibility index (Phi) is 7.79. The second-order valence-electron chi connectivity index (χ2n) is 6.79. The van der Waals surface area contributed by atoms with E-state index in [0.717, 1.165) is 5.56 Å². The van der Waals surface area contributed by atoms with E-state index in [1.165, 1.54) is 14.2 Å². The molecule has 2 aromatic carbocycles. The first-order valence-electron chi connectivity index (χ1n) is 9.24. The second kappa shape index (κ2) is 10.1. The van der Waals surface area contributed by atoms with Crippen molar-refractivity contribution in [2.75, 3.05) is 25.7 Å². The van der Waals surface area contributed by atoms with Crippen molar-refractivity contribution in [3.63, 3.8) is 0 Å². The van der Waals surface area contributed by atoms with E-state index in [1.54, 1.807) is 53.4 Å². The summed E-state index contributed by atoms with van der Waals surface area (Å²) in [6, 6.07) is 13.9. The Bertz CT molecular complexity index is 1000. The number of methoxy groups -OCH3 is 2. The number of ether oxygens (including phenoxy) is 2. The molecule has 1 amide bonds. The first-order chi connectivity index (χ1) is 14.3. The van der Waals surface area contributed by atoms with Gasteiger partial charge in [0.2, 0.25) is 0 Å². The molecule has 0 saturated carbocycles. The molecule has 3 rings (SSSR count). The lowest BCUT2D eigenvalue weighted by molar-refractivity contribution is -0.150. The van der Waals surface area contributed by atoms with Crippen molar-refractivity contribution >= 4 is 41.4 Å². The van der Waals surface area contributed by atoms with Crippen LogP contribution in [0.4, 0.5) is 5.69 Å². The first-order valence-corrected chi connectivity index (χ1v) is 9.24. The van der Waals surface area contributed by atoms with Crippen LogP contribution in [0.3, 0.4) is 0 Å². The van der Waals surface area contributed by atoms with Gasteiger partial charge in [0.1, 0.15) is 11.6 Å². The predicted molar refractivity (Wildman–Crippen MR) is 119 cm³/mol. The van der Waals surface area contributed by atoms with Crippen LogP contribution in [-0.2, 0) is 25.5 Å². The summed E-state index contributed by atoms with van der Waals surface area (Å²) in [5, 5.41) is 17.3. The normalized spacial score (nSPS) is 14.2. The number of anilines is 1. The zero-order valence-corrected chi connectivity index (χ0v) is 17.9. The number of nitrogen functional groups attached to an aromatic ring is 1. The fourth-order valence-electron chi connectivity index (χ4n) is 3.28. The van der Waals surface area contributed by atoms with Crippen molar-refractivity contribution in [1.29, 1.82) is 5.41 Å². The van der Waals surface area contributed by atoms with Gasteiger partial charge in [0, 0.05) is 17.7 Å². The van der Waals surface area contributed by atoms with Gasteiger partial charge in [-0.2, -0.15) is 0 Å². The predicted octanol–water partition coefficient (Wildman–Crippen LogP) is 1.87. The van der Waals surface area contributed by atoms with Crippen LogP contribution in [0.5, 0.6) is 0 Å². The Morgan fingerprint density at radius 2 is 1.77 bits per heavy atom. The molecule has 1 unspecified atom stereocenters. The van der Waals surface area contributed by atoms with E-state index in [2.05, 4.69) is 4.74 Å². The maximum atomic E-state index is 13.1. The number of nitrogens with one attached hydrogen (secondary N) is 1. The van der Waals surface area contributed by atoms with Crippen molar-refractivity contribution < 1.29 is 24.2 Å². The zero-order chi connectivity index (χ0) is 21.8. The summed E-state index contributed by atoms with van der Waals surface area (Å²) in [6.07, 6.45) is -1.11. The third-order valence-corrected chi connectivity index (χ3v) is 4.92. The first kappa shape index (κ1) is 23.9. The van der Waals surface area contributed by atoms with E-state index in [4.69, 9.17) is 15.9 Å². The highest BCUT2D eigenvalue weighted by Crippen LogP contribution is 2.32. The Morgan fingerprint density at radius 3 is 2.29 bits per heavy atom. The van der Waals surface area contributed by atoms with Crippen LogP contribution in [0.1, 0.15) is 16.7 Å². The lowest BCUT2D eigenvalue weighted by Gasteiger charge is -2.17. The average molecular weight is 446 g/mol. The van der Waals surface area contributed by atoms with Crippen LogP contribution in [0.2, 0.25) is 0 Å². The molecule has 1 aliphatic rings. The van der Waals surface area contributed by atoms with Crippen molar-refractivity contribution in [1.82, 2.24) is 0 Å². The number of rotatable bonds is 7. The van der Waals surface area contributed by atoms with Crippen LogP contribution in [0.15, 0.2) is 54.3 Å². The largest absolute Gasteiger partial charge is 0.498 e. The number of nitrogens with zero attached hydrogens (tertiary/aromatic N) is 1. The van der Waals surface area contributed by atoms with Crippen molar-refractivity contribution in [3.05, 3.63) is 71.0 Å². The second-order valence-corrected chi connectivity index (χ2v) is 6.79. The van der Waals surface area contributed by atoms with Crippen LogP contribution in [0, 0.1) is 5.41 Å². The maximum absolute atomic E-state index is 13.1. The summed E-state index contributed by atoms with van der Waals surface area (Å²) in [5.41, 5.74) is 8.61. The molecule has 1 heterocycles. The molecule has 0 saturated heterocycles. The van der Waals surface area contributed by atoms with Crippen LogP contribution >= 0.6 is 12.4 Å². The van der Waals surface area contributed by atoms with Gasteiger partial charge < -0.3 is 25.2 Å². The maximum Gasteiger partial charge on any atom is 0.335 e. The van der Waals surface area contributed by atoms with Gasteiger partial charge in [0.25, 0.3) is 5.91 Å². The highest BCUT2D eigenvalue weighted by atomic mass is 35.5. The molecule has 0 radical (unpaired) electrons. The molecule has 1 aliphatic heterocycles. The molecule has 0 aromatic heterocycles. The number of esters is 1. The molecule has 8 nitrogen and oxygen atoms in total. The van der Waals surface area contributed by atoms with E-state index in [0.29, 0.717) is 28.1 Å². The van der Waals surface area contributed by atoms with Crippen molar-refractivity contribution in [2.24, 2.45) is 5.73 Å². The lowest BCUT2D eigenvalue weighted by Crippen LogP contribution is -2.27. The molecule has 9 heteroatoms. The molecule has 31 heavy (non-hydrogen) atoms. The third-order valence-electron chi connectivity index (χ3n) is 4.92. The van der Waals surface area contributed by atoms with Crippen LogP contribution in [0.25, 0.3) is 5.57 Å². The number of amides is 1.